The summed E-state index contributed by atoms with van der Waals surface area (Å²) in [6.45, 7) is 0.691. The Morgan fingerprint density at radius 2 is 2.15 bits per heavy atom. The number of nitro groups is 1. The number of nitrogens with one attached hydrogen (secondary N) is 1. The van der Waals surface area contributed by atoms with Crippen molar-refractivity contribution in [2.45, 2.75) is 25.9 Å². The molecule has 2 heterocycles. The van der Waals surface area contributed by atoms with Crippen molar-refractivity contribution in [1.82, 2.24) is 9.88 Å². The quantitative estimate of drug-likeness (QED) is 0.487. The Morgan fingerprint density at radius 1 is 1.35 bits per heavy atom. The van der Waals surface area contributed by atoms with E-state index in [1.165, 1.54) is 34.1 Å². The molecule has 0 atom stereocenters. The predicted octanol–water partition coefficient (Wildman–Crippen LogP) is 3.31. The van der Waals surface area contributed by atoms with Gasteiger partial charge in [-0.05, 0) is 24.6 Å². The molecule has 3 rings (SSSR count). The molecule has 1 aromatic carbocycles. The third kappa shape index (κ3) is 4.12. The van der Waals surface area contributed by atoms with E-state index in [9.17, 15) is 19.7 Å². The van der Waals surface area contributed by atoms with Gasteiger partial charge in [-0.3, -0.25) is 19.5 Å². The highest BCUT2D eigenvalue weighted by Crippen LogP contribution is 2.21. The number of nitrogens with zero attached hydrogens (tertiary/aromatic N) is 2. The molecule has 0 saturated carbocycles. The average Bonchev–Trinajstić information content (AvgIpc) is 3.15. The van der Waals surface area contributed by atoms with Crippen LogP contribution < -0.4 is 11.1 Å². The number of non-ortho nitro benzene ring substituents is 1. The van der Waals surface area contributed by atoms with Gasteiger partial charge in [-0.2, -0.15) is 0 Å². The van der Waals surface area contributed by atoms with Crippen molar-refractivity contribution in [1.29, 1.82) is 0 Å². The molecule has 0 unspecified atom stereocenters. The number of hydrogen-bond acceptors (Lipinski definition) is 6. The van der Waals surface area contributed by atoms with Crippen LogP contribution in [0.3, 0.4) is 0 Å². The molecule has 26 heavy (non-hydrogen) atoms. The minimum absolute atomic E-state index is 0.133. The SMILES string of the molecule is O=C(CCCn1c(=O)oc2cc([N+](=O)[O-])ccc21)NCc1ccc(Cl)s1. The van der Waals surface area contributed by atoms with Crippen molar-refractivity contribution >= 4 is 45.6 Å². The zero-order valence-electron chi connectivity index (χ0n) is 13.4. The fourth-order valence-electron chi connectivity index (χ4n) is 2.50. The molecule has 0 bridgehead atoms. The molecule has 8 nitrogen and oxygen atoms in total. The van der Waals surface area contributed by atoms with Crippen molar-refractivity contribution in [3.63, 3.8) is 0 Å². The monoisotopic (exact) mass is 395 g/mol. The Balaban J connectivity index is 1.57. The lowest BCUT2D eigenvalue weighted by molar-refractivity contribution is -0.384. The molecule has 0 radical (unpaired) electrons. The van der Waals surface area contributed by atoms with E-state index in [0.717, 1.165) is 4.88 Å². The zero-order valence-corrected chi connectivity index (χ0v) is 15.0. The summed E-state index contributed by atoms with van der Waals surface area (Å²) < 4.78 is 7.08. The lowest BCUT2D eigenvalue weighted by Gasteiger charge is -2.04. The predicted molar refractivity (Wildman–Crippen MR) is 97.5 cm³/mol. The van der Waals surface area contributed by atoms with Crippen LogP contribution in [0, 0.1) is 10.1 Å². The average molecular weight is 396 g/mol. The molecular formula is C16H14ClN3O5S. The fraction of sp³-hybridized carbons (Fsp3) is 0.250. The maximum absolute atomic E-state index is 11.9. The van der Waals surface area contributed by atoms with Crippen molar-refractivity contribution < 1.29 is 14.1 Å². The number of aryl methyl sites for hydroxylation is 1. The second-order valence-electron chi connectivity index (χ2n) is 5.51. The van der Waals surface area contributed by atoms with Crippen LogP contribution in [0.25, 0.3) is 11.1 Å². The first-order valence-electron chi connectivity index (χ1n) is 7.73. The van der Waals surface area contributed by atoms with Gasteiger partial charge in [-0.15, -0.1) is 11.3 Å². The normalized spacial score (nSPS) is 11.0. The zero-order chi connectivity index (χ0) is 18.7. The van der Waals surface area contributed by atoms with Gasteiger partial charge in [0, 0.05) is 23.9 Å². The van der Waals surface area contributed by atoms with E-state index in [0.29, 0.717) is 22.8 Å². The number of benzene rings is 1. The molecule has 0 aliphatic rings. The van der Waals surface area contributed by atoms with Crippen LogP contribution in [0.4, 0.5) is 5.69 Å². The molecule has 0 fully saturated rings. The smallest absolute Gasteiger partial charge is 0.407 e. The number of halogens is 1. The second kappa shape index (κ2) is 7.71. The number of carbonyl (C=O) groups is 1. The van der Waals surface area contributed by atoms with Gasteiger partial charge in [0.1, 0.15) is 0 Å². The van der Waals surface area contributed by atoms with Crippen molar-refractivity contribution in [3.05, 3.63) is 60.2 Å². The minimum Gasteiger partial charge on any atom is -0.407 e. The van der Waals surface area contributed by atoms with E-state index in [1.807, 2.05) is 6.07 Å². The van der Waals surface area contributed by atoms with Gasteiger partial charge in [0.15, 0.2) is 5.58 Å². The van der Waals surface area contributed by atoms with Crippen LogP contribution in [-0.2, 0) is 17.9 Å². The number of thiophene rings is 1. The first-order valence-corrected chi connectivity index (χ1v) is 8.92. The van der Waals surface area contributed by atoms with Crippen LogP contribution >= 0.6 is 22.9 Å². The van der Waals surface area contributed by atoms with Gasteiger partial charge < -0.3 is 9.73 Å². The summed E-state index contributed by atoms with van der Waals surface area (Å²) in [6.07, 6.45) is 0.674. The number of hydrogen-bond donors (Lipinski definition) is 1. The van der Waals surface area contributed by atoms with Gasteiger partial charge in [-0.25, -0.2) is 4.79 Å². The summed E-state index contributed by atoms with van der Waals surface area (Å²) in [5.74, 6) is -0.736. The maximum Gasteiger partial charge on any atom is 0.419 e. The third-order valence-electron chi connectivity index (χ3n) is 3.74. The highest BCUT2D eigenvalue weighted by atomic mass is 35.5. The van der Waals surface area contributed by atoms with Gasteiger partial charge in [-0.1, -0.05) is 11.6 Å². The van der Waals surface area contributed by atoms with E-state index in [4.69, 9.17) is 16.0 Å². The number of nitro benzene ring substituents is 1. The molecule has 10 heteroatoms. The summed E-state index contributed by atoms with van der Waals surface area (Å²) in [6, 6.07) is 7.62. The topological polar surface area (TPSA) is 107 Å². The second-order valence-corrected chi connectivity index (χ2v) is 7.31. The Kier molecular flexibility index (Phi) is 5.38. The largest absolute Gasteiger partial charge is 0.419 e. The number of carbonyl (C=O) groups excluding carboxylic acids is 1. The minimum atomic E-state index is -0.603. The van der Waals surface area contributed by atoms with E-state index >= 15 is 0 Å². The Bertz CT molecular complexity index is 1020. The van der Waals surface area contributed by atoms with Crippen LogP contribution in [0.1, 0.15) is 17.7 Å². The molecule has 136 valence electrons. The Morgan fingerprint density at radius 3 is 2.85 bits per heavy atom. The van der Waals surface area contributed by atoms with E-state index < -0.39 is 10.7 Å². The number of amides is 1. The summed E-state index contributed by atoms with van der Waals surface area (Å²) in [5, 5.41) is 13.6. The lowest BCUT2D eigenvalue weighted by atomic mass is 10.2. The fourth-order valence-corrected chi connectivity index (χ4v) is 3.53. The lowest BCUT2D eigenvalue weighted by Crippen LogP contribution is -2.23. The van der Waals surface area contributed by atoms with Crippen molar-refractivity contribution in [2.24, 2.45) is 0 Å². The maximum atomic E-state index is 11.9. The molecule has 0 aliphatic carbocycles. The van der Waals surface area contributed by atoms with E-state index in [2.05, 4.69) is 5.32 Å². The van der Waals surface area contributed by atoms with Crippen LogP contribution in [-0.4, -0.2) is 15.4 Å². The number of oxazole rings is 1. The first kappa shape index (κ1) is 18.2. The molecule has 2 aromatic heterocycles. The van der Waals surface area contributed by atoms with Gasteiger partial charge in [0.25, 0.3) is 5.69 Å². The van der Waals surface area contributed by atoms with Crippen molar-refractivity contribution in [2.75, 3.05) is 0 Å². The summed E-state index contributed by atoms with van der Waals surface area (Å²) >= 11 is 7.24. The van der Waals surface area contributed by atoms with E-state index in [-0.39, 0.29) is 30.1 Å². The van der Waals surface area contributed by atoms with Gasteiger partial charge >= 0.3 is 5.76 Å². The van der Waals surface area contributed by atoms with Crippen molar-refractivity contribution in [3.8, 4) is 0 Å². The molecular weight excluding hydrogens is 382 g/mol. The summed E-state index contributed by atoms with van der Waals surface area (Å²) in [4.78, 5) is 35.0. The molecule has 1 N–H and O–H groups in total. The Labute approximate surface area is 156 Å². The number of aromatic nitrogens is 1. The van der Waals surface area contributed by atoms with E-state index in [1.54, 1.807) is 6.07 Å². The van der Waals surface area contributed by atoms with Crippen LogP contribution in [0.2, 0.25) is 4.34 Å². The third-order valence-corrected chi connectivity index (χ3v) is 4.97. The Hall–Kier alpha value is -2.65. The highest BCUT2D eigenvalue weighted by molar-refractivity contribution is 7.16. The molecule has 3 aromatic rings. The summed E-state index contributed by atoms with van der Waals surface area (Å²) in [7, 11) is 0. The molecule has 1 amide bonds. The molecule has 0 saturated heterocycles. The van der Waals surface area contributed by atoms with Crippen LogP contribution in [0.15, 0.2) is 39.5 Å². The highest BCUT2D eigenvalue weighted by Gasteiger charge is 2.14. The first-order chi connectivity index (χ1) is 12.4. The van der Waals surface area contributed by atoms with Crippen LogP contribution in [0.5, 0.6) is 0 Å². The molecule has 0 spiro atoms. The summed E-state index contributed by atoms with van der Waals surface area (Å²) in [5.41, 5.74) is 0.476. The number of rotatable bonds is 7. The van der Waals surface area contributed by atoms with Gasteiger partial charge in [0.05, 0.1) is 27.4 Å². The number of fused-ring (bicyclic) bond motifs is 1. The van der Waals surface area contributed by atoms with Gasteiger partial charge in [0.2, 0.25) is 5.91 Å². The molecule has 0 aliphatic heterocycles. The standard InChI is InChI=1S/C16H14ClN3O5S/c17-14-6-4-11(26-14)9-18-15(21)2-1-7-19-12-5-3-10(20(23)24)8-13(12)25-16(19)22/h3-6,8H,1-2,7,9H2,(H,18,21).